The van der Waals surface area contributed by atoms with Crippen molar-refractivity contribution in [2.45, 2.75) is 13.8 Å². The molecule has 0 saturated heterocycles. The van der Waals surface area contributed by atoms with Gasteiger partial charge in [-0.05, 0) is 165 Å². The molecule has 432 valence electrons. The molecule has 0 heterocycles. The van der Waals surface area contributed by atoms with Gasteiger partial charge in [-0.15, -0.1) is 0 Å². The van der Waals surface area contributed by atoms with Crippen molar-refractivity contribution in [2.75, 3.05) is 0 Å². The van der Waals surface area contributed by atoms with Gasteiger partial charge in [0.05, 0.1) is 0 Å². The van der Waals surface area contributed by atoms with E-state index in [1.807, 2.05) is 269 Å². The molecule has 0 bridgehead atoms. The summed E-state index contributed by atoms with van der Waals surface area (Å²) in [6.45, 7) is 4.09. The van der Waals surface area contributed by atoms with E-state index >= 15 is 0 Å². The minimum atomic E-state index is 0.0348. The van der Waals surface area contributed by atoms with Gasteiger partial charge in [0.1, 0.15) is 0 Å². The molecule has 2 nitrogen and oxygen atoms in total. The summed E-state index contributed by atoms with van der Waals surface area (Å²) in [7, 11) is 0. The normalized spacial score (nSPS) is 12.2. The Morgan fingerprint density at radius 1 is 0.185 bits per heavy atom. The summed E-state index contributed by atoms with van der Waals surface area (Å²) in [6, 6.07) is 109. The van der Waals surface area contributed by atoms with E-state index < -0.39 is 0 Å². The maximum atomic E-state index is 14.1. The first kappa shape index (κ1) is 59.8. The molecule has 0 spiro atoms. The fourth-order valence-corrected chi connectivity index (χ4v) is 11.5. The summed E-state index contributed by atoms with van der Waals surface area (Å²) in [5, 5.41) is 2.62. The number of carbonyl (C=O) groups excluding carboxylic acids is 2. The Morgan fingerprint density at radius 3 is 0.620 bits per heavy atom. The average Bonchev–Trinajstić information content (AvgIpc) is 1.63. The molecule has 92 heavy (non-hydrogen) atoms. The van der Waals surface area contributed by atoms with E-state index in [1.165, 1.54) is 10.8 Å². The maximum Gasteiger partial charge on any atom is 0.195 e. The van der Waals surface area contributed by atoms with Gasteiger partial charge in [-0.3, -0.25) is 9.59 Å². The second kappa shape index (κ2) is 29.0. The van der Waals surface area contributed by atoms with Gasteiger partial charge in [0.15, 0.2) is 11.6 Å². The third-order valence-corrected chi connectivity index (χ3v) is 15.8. The number of allylic oxidation sites excluding steroid dienone is 8. The SMILES string of the molecule is CC1=C(c2ccccc2)C(=O)C(c2ccccc2)=C1c1cc(C#Cc2ccccc2)cc(C#Cc2ccccc2)c1.CC1=C(c2ccccc2)C(=O)C(c2ccccc2)=C1c1cc(C#Cc2ccccc2)cc(C#Cc2ccccc2)c1.c1ccc2ccccc2c1. The molecule has 0 fully saturated rings. The summed E-state index contributed by atoms with van der Waals surface area (Å²) in [6.07, 6.45) is 0. The van der Waals surface area contributed by atoms with Crippen LogP contribution in [0.2, 0.25) is 0 Å². The molecule has 0 radical (unpaired) electrons. The van der Waals surface area contributed by atoms with E-state index in [-0.39, 0.29) is 11.6 Å². The van der Waals surface area contributed by atoms with Crippen LogP contribution in [0.15, 0.2) is 339 Å². The first-order chi connectivity index (χ1) is 45.3. The number of hydrogen-bond donors (Lipinski definition) is 0. The number of fused-ring (bicyclic) bond motifs is 1. The average molecular weight is 1170 g/mol. The van der Waals surface area contributed by atoms with E-state index in [0.717, 1.165) is 111 Å². The molecular weight excluding hydrogens is 1110 g/mol. The summed E-state index contributed by atoms with van der Waals surface area (Å²) in [4.78, 5) is 28.2. The molecule has 12 aromatic rings. The zero-order valence-corrected chi connectivity index (χ0v) is 51.0. The second-order valence-corrected chi connectivity index (χ2v) is 22.0. The number of ketones is 2. The molecule has 12 aromatic carbocycles. The Balaban J connectivity index is 0.000000154. The van der Waals surface area contributed by atoms with Gasteiger partial charge in [-0.1, -0.05) is 290 Å². The molecule has 0 amide bonds. The third kappa shape index (κ3) is 14.4. The number of Topliss-reactive ketones (excluding diaryl/α,β-unsaturated/α-hetero) is 2. The van der Waals surface area contributed by atoms with Gasteiger partial charge < -0.3 is 0 Å². The lowest BCUT2D eigenvalue weighted by molar-refractivity contribution is -0.109. The molecule has 0 aliphatic heterocycles. The number of hydrogen-bond acceptors (Lipinski definition) is 2. The van der Waals surface area contributed by atoms with E-state index in [9.17, 15) is 9.59 Å². The van der Waals surface area contributed by atoms with Crippen molar-refractivity contribution in [3.63, 3.8) is 0 Å². The Morgan fingerprint density at radius 2 is 0.380 bits per heavy atom. The van der Waals surface area contributed by atoms with Crippen molar-refractivity contribution in [3.05, 3.63) is 417 Å². The van der Waals surface area contributed by atoms with Crippen LogP contribution in [-0.4, -0.2) is 11.6 Å². The van der Waals surface area contributed by atoms with Crippen LogP contribution in [0.25, 0.3) is 44.2 Å². The summed E-state index contributed by atoms with van der Waals surface area (Å²) in [5.41, 5.74) is 19.3. The van der Waals surface area contributed by atoms with Crippen LogP contribution in [-0.2, 0) is 9.59 Å². The number of rotatable bonds is 6. The van der Waals surface area contributed by atoms with Gasteiger partial charge in [-0.25, -0.2) is 0 Å². The largest absolute Gasteiger partial charge is 0.289 e. The molecule has 14 rings (SSSR count). The second-order valence-electron chi connectivity index (χ2n) is 22.0. The monoisotopic (exact) mass is 1170 g/mol. The highest BCUT2D eigenvalue weighted by atomic mass is 16.1. The quantitative estimate of drug-likeness (QED) is 0.156. The molecule has 0 aromatic heterocycles. The molecule has 0 saturated carbocycles. The maximum absolute atomic E-state index is 14.1. The van der Waals surface area contributed by atoms with Crippen LogP contribution in [0, 0.1) is 47.4 Å². The summed E-state index contributed by atoms with van der Waals surface area (Å²) in [5.74, 6) is 26.6. The molecule has 2 heteroatoms. The van der Waals surface area contributed by atoms with Crippen molar-refractivity contribution in [2.24, 2.45) is 0 Å². The highest BCUT2D eigenvalue weighted by Gasteiger charge is 2.34. The lowest BCUT2D eigenvalue weighted by Gasteiger charge is -2.11. The topological polar surface area (TPSA) is 34.1 Å². The minimum Gasteiger partial charge on any atom is -0.289 e. The van der Waals surface area contributed by atoms with E-state index in [4.69, 9.17) is 0 Å². The Kier molecular flexibility index (Phi) is 18.8. The number of benzene rings is 12. The van der Waals surface area contributed by atoms with Crippen molar-refractivity contribution in [3.8, 4) is 47.4 Å². The van der Waals surface area contributed by atoms with Gasteiger partial charge in [0.25, 0.3) is 0 Å². The van der Waals surface area contributed by atoms with E-state index in [0.29, 0.717) is 11.1 Å². The lowest BCUT2D eigenvalue weighted by Crippen LogP contribution is -2.01. The highest BCUT2D eigenvalue weighted by molar-refractivity contribution is 6.53. The van der Waals surface area contributed by atoms with Crippen LogP contribution in [0.4, 0.5) is 0 Å². The van der Waals surface area contributed by atoms with E-state index in [1.54, 1.807) is 0 Å². The van der Waals surface area contributed by atoms with Crippen LogP contribution < -0.4 is 0 Å². The zero-order chi connectivity index (χ0) is 62.9. The van der Waals surface area contributed by atoms with Crippen molar-refractivity contribution >= 4 is 55.8 Å². The molecular formula is C90H60O2. The Bertz CT molecular complexity index is 4580. The molecule has 2 aliphatic rings. The third-order valence-electron chi connectivity index (χ3n) is 15.8. The standard InChI is InChI=1S/2C40H26O.C10H8/c2*1-29-37(39(35-20-12-5-13-21-35)40(41)38(29)34-18-10-4-11-19-34)36-27-32(24-22-30-14-6-2-7-15-30)26-33(28-36)25-23-31-16-8-3-9-17-31;1-2-6-10-8-4-3-7-9(10)5-1/h2*2-21,26-28H,1H3;1-8H. The van der Waals surface area contributed by atoms with Crippen molar-refractivity contribution in [1.82, 2.24) is 0 Å². The summed E-state index contributed by atoms with van der Waals surface area (Å²) < 4.78 is 0. The van der Waals surface area contributed by atoms with Crippen LogP contribution in [0.3, 0.4) is 0 Å². The zero-order valence-electron chi connectivity index (χ0n) is 51.0. The molecule has 2 aliphatic carbocycles. The van der Waals surface area contributed by atoms with Crippen LogP contribution >= 0.6 is 0 Å². The smallest absolute Gasteiger partial charge is 0.195 e. The first-order valence-electron chi connectivity index (χ1n) is 30.6. The molecule has 0 atom stereocenters. The van der Waals surface area contributed by atoms with Crippen molar-refractivity contribution < 1.29 is 9.59 Å². The Hall–Kier alpha value is -12.6. The van der Waals surface area contributed by atoms with Crippen LogP contribution in [0.5, 0.6) is 0 Å². The van der Waals surface area contributed by atoms with E-state index in [2.05, 4.69) is 120 Å². The van der Waals surface area contributed by atoms with Crippen molar-refractivity contribution in [1.29, 1.82) is 0 Å². The Labute approximate surface area is 540 Å². The lowest BCUT2D eigenvalue weighted by atomic mass is 9.91. The van der Waals surface area contributed by atoms with Gasteiger partial charge in [0, 0.05) is 66.8 Å². The number of carbonyl (C=O) groups is 2. The predicted molar refractivity (Wildman–Crippen MR) is 381 cm³/mol. The predicted octanol–water partition coefficient (Wildman–Crippen LogP) is 19.7. The molecule has 0 N–H and O–H groups in total. The summed E-state index contributed by atoms with van der Waals surface area (Å²) >= 11 is 0. The highest BCUT2D eigenvalue weighted by Crippen LogP contribution is 2.47. The van der Waals surface area contributed by atoms with Gasteiger partial charge in [-0.2, -0.15) is 0 Å². The van der Waals surface area contributed by atoms with Crippen LogP contribution in [0.1, 0.15) is 91.7 Å². The minimum absolute atomic E-state index is 0.0348. The van der Waals surface area contributed by atoms with Gasteiger partial charge >= 0.3 is 0 Å². The molecule has 0 unspecified atom stereocenters. The fourth-order valence-electron chi connectivity index (χ4n) is 11.5. The first-order valence-corrected chi connectivity index (χ1v) is 30.6. The fraction of sp³-hybridized carbons (Fsp3) is 0.0222. The van der Waals surface area contributed by atoms with Gasteiger partial charge in [0.2, 0.25) is 0 Å².